The number of carbonyl (C=O) groups excluding carboxylic acids is 1. The summed E-state index contributed by atoms with van der Waals surface area (Å²) in [6.45, 7) is 3.04. The second kappa shape index (κ2) is 7.07. The van der Waals surface area contributed by atoms with Gasteiger partial charge in [0, 0.05) is 25.7 Å². The molecule has 2 saturated carbocycles. The minimum atomic E-state index is -0.374. The van der Waals surface area contributed by atoms with Crippen LogP contribution in [0.1, 0.15) is 44.9 Å². The van der Waals surface area contributed by atoms with Gasteiger partial charge in [-0.3, -0.25) is 15.2 Å². The predicted octanol–water partition coefficient (Wildman–Crippen LogP) is 3.42. The number of nitrogens with one attached hydrogen (secondary N) is 1. The second-order valence-corrected chi connectivity index (χ2v) is 8.84. The summed E-state index contributed by atoms with van der Waals surface area (Å²) in [5.41, 5.74) is 0.516. The molecule has 2 saturated heterocycles. The lowest BCUT2D eigenvalue weighted by Crippen LogP contribution is -2.52. The molecule has 2 aliphatic heterocycles. The molecular formula is C22H30N4O2. The quantitative estimate of drug-likeness (QED) is 0.849. The number of urea groups is 1. The zero-order chi connectivity index (χ0) is 19.1. The minimum Gasteiger partial charge on any atom is -0.497 e. The number of hydrogen-bond donors (Lipinski definition) is 1. The van der Waals surface area contributed by atoms with Gasteiger partial charge in [-0.05, 0) is 50.2 Å². The first kappa shape index (κ1) is 18.0. The van der Waals surface area contributed by atoms with Gasteiger partial charge < -0.3 is 9.64 Å². The number of ether oxygens (including phenoxy) is 1. The molecular weight excluding hydrogens is 352 g/mol. The van der Waals surface area contributed by atoms with Crippen molar-refractivity contribution in [1.82, 2.24) is 10.2 Å². The van der Waals surface area contributed by atoms with Gasteiger partial charge in [0.25, 0.3) is 0 Å². The molecule has 1 unspecified atom stereocenters. The Morgan fingerprint density at radius 2 is 2.07 bits per heavy atom. The zero-order valence-corrected chi connectivity index (χ0v) is 16.7. The van der Waals surface area contributed by atoms with Gasteiger partial charge in [0.1, 0.15) is 17.1 Å². The third-order valence-corrected chi connectivity index (χ3v) is 6.79. The Morgan fingerprint density at radius 1 is 1.25 bits per heavy atom. The number of likely N-dealkylation sites (tertiary alicyclic amines) is 1. The first-order chi connectivity index (χ1) is 13.7. The maximum absolute atomic E-state index is 13.1. The predicted molar refractivity (Wildman–Crippen MR) is 110 cm³/mol. The van der Waals surface area contributed by atoms with Crippen molar-refractivity contribution in [2.24, 2.45) is 10.9 Å². The third kappa shape index (κ3) is 3.17. The lowest BCUT2D eigenvalue weighted by molar-refractivity contribution is 0.250. The van der Waals surface area contributed by atoms with Crippen LogP contribution >= 0.6 is 0 Å². The maximum Gasteiger partial charge on any atom is 0.328 e. The van der Waals surface area contributed by atoms with Crippen molar-refractivity contribution in [3.63, 3.8) is 0 Å². The average Bonchev–Trinajstić information content (AvgIpc) is 3.09. The molecule has 1 aromatic carbocycles. The van der Waals surface area contributed by atoms with Gasteiger partial charge in [0.2, 0.25) is 0 Å². The molecule has 1 aromatic rings. The molecule has 150 valence electrons. The van der Waals surface area contributed by atoms with Gasteiger partial charge in [0.15, 0.2) is 0 Å². The molecule has 1 atom stereocenters. The van der Waals surface area contributed by atoms with Crippen molar-refractivity contribution in [3.8, 4) is 5.75 Å². The number of anilines is 1. The van der Waals surface area contributed by atoms with Crippen LogP contribution in [0.3, 0.4) is 0 Å². The molecule has 4 aliphatic rings. The Labute approximate surface area is 166 Å². The monoisotopic (exact) mass is 382 g/mol. The van der Waals surface area contributed by atoms with E-state index in [0.29, 0.717) is 6.04 Å². The molecule has 2 aliphatic carbocycles. The Balaban J connectivity index is 1.51. The fraction of sp³-hybridized carbons (Fsp3) is 0.636. The van der Waals surface area contributed by atoms with E-state index in [2.05, 4.69) is 10.2 Å². The fourth-order valence-electron chi connectivity index (χ4n) is 5.12. The topological polar surface area (TPSA) is 57.2 Å². The van der Waals surface area contributed by atoms with Gasteiger partial charge in [-0.25, -0.2) is 4.79 Å². The van der Waals surface area contributed by atoms with Crippen LogP contribution in [0.4, 0.5) is 10.5 Å². The summed E-state index contributed by atoms with van der Waals surface area (Å²) in [7, 11) is 1.67. The van der Waals surface area contributed by atoms with E-state index in [1.807, 2.05) is 29.2 Å². The number of aliphatic imine (C=N–C) groups is 1. The molecule has 1 N–H and O–H groups in total. The molecule has 4 fully saturated rings. The number of amidine groups is 1. The van der Waals surface area contributed by atoms with Gasteiger partial charge >= 0.3 is 6.03 Å². The van der Waals surface area contributed by atoms with Crippen LogP contribution in [0.2, 0.25) is 0 Å². The normalized spacial score (nSPS) is 30.0. The highest BCUT2D eigenvalue weighted by atomic mass is 16.5. The molecule has 5 rings (SSSR count). The highest BCUT2D eigenvalue weighted by molar-refractivity contribution is 6.19. The summed E-state index contributed by atoms with van der Waals surface area (Å²) in [5.74, 6) is 2.51. The Morgan fingerprint density at radius 3 is 2.82 bits per heavy atom. The number of rotatable bonds is 5. The largest absolute Gasteiger partial charge is 0.497 e. The fourth-order valence-corrected chi connectivity index (χ4v) is 5.12. The highest BCUT2D eigenvalue weighted by Crippen LogP contribution is 2.40. The van der Waals surface area contributed by atoms with Crippen molar-refractivity contribution < 1.29 is 9.53 Å². The number of hydrogen-bond acceptors (Lipinski definition) is 4. The molecule has 0 bridgehead atoms. The molecule has 28 heavy (non-hydrogen) atoms. The summed E-state index contributed by atoms with van der Waals surface area (Å²) in [6.07, 6.45) is 8.40. The van der Waals surface area contributed by atoms with Crippen molar-refractivity contribution in [3.05, 3.63) is 24.3 Å². The molecule has 6 nitrogen and oxygen atoms in total. The SMILES string of the molecule is COc1cccc(N2C(=O)NC(=NC3CCCC3)C23CCN(CC2CC2)C3)c1. The van der Waals surface area contributed by atoms with Crippen LogP contribution in [-0.4, -0.2) is 55.1 Å². The Bertz CT molecular complexity index is 784. The van der Waals surface area contributed by atoms with Crippen molar-refractivity contribution in [2.45, 2.75) is 56.5 Å². The molecule has 1 spiro atoms. The zero-order valence-electron chi connectivity index (χ0n) is 16.7. The summed E-state index contributed by atoms with van der Waals surface area (Å²) in [4.78, 5) is 22.7. The van der Waals surface area contributed by atoms with Crippen LogP contribution in [0.15, 0.2) is 29.3 Å². The molecule has 2 heterocycles. The van der Waals surface area contributed by atoms with E-state index in [1.54, 1.807) is 7.11 Å². The summed E-state index contributed by atoms with van der Waals surface area (Å²) >= 11 is 0. The first-order valence-corrected chi connectivity index (χ1v) is 10.7. The van der Waals surface area contributed by atoms with E-state index >= 15 is 0 Å². The van der Waals surface area contributed by atoms with Gasteiger partial charge in [-0.1, -0.05) is 18.9 Å². The number of methoxy groups -OCH3 is 1. The second-order valence-electron chi connectivity index (χ2n) is 8.84. The van der Waals surface area contributed by atoms with E-state index in [1.165, 1.54) is 25.7 Å². The summed E-state index contributed by atoms with van der Waals surface area (Å²) in [6, 6.07) is 8.15. The van der Waals surface area contributed by atoms with E-state index in [-0.39, 0.29) is 11.6 Å². The Hall–Kier alpha value is -2.08. The van der Waals surface area contributed by atoms with E-state index in [0.717, 1.165) is 62.1 Å². The average molecular weight is 383 g/mol. The number of amides is 2. The van der Waals surface area contributed by atoms with E-state index in [4.69, 9.17) is 9.73 Å². The molecule has 6 heteroatoms. The lowest BCUT2D eigenvalue weighted by Gasteiger charge is -2.34. The highest BCUT2D eigenvalue weighted by Gasteiger charge is 2.55. The van der Waals surface area contributed by atoms with Gasteiger partial charge in [-0.15, -0.1) is 0 Å². The lowest BCUT2D eigenvalue weighted by atomic mass is 9.95. The smallest absolute Gasteiger partial charge is 0.328 e. The van der Waals surface area contributed by atoms with Gasteiger partial charge in [0.05, 0.1) is 18.8 Å². The van der Waals surface area contributed by atoms with Crippen molar-refractivity contribution in [2.75, 3.05) is 31.6 Å². The Kier molecular flexibility index (Phi) is 4.54. The first-order valence-electron chi connectivity index (χ1n) is 10.7. The van der Waals surface area contributed by atoms with E-state index in [9.17, 15) is 4.79 Å². The molecule has 2 amide bonds. The van der Waals surface area contributed by atoms with Gasteiger partial charge in [-0.2, -0.15) is 0 Å². The summed E-state index contributed by atoms with van der Waals surface area (Å²) < 4.78 is 5.42. The van der Waals surface area contributed by atoms with Crippen LogP contribution < -0.4 is 15.0 Å². The van der Waals surface area contributed by atoms with Crippen molar-refractivity contribution >= 4 is 17.6 Å². The summed E-state index contributed by atoms with van der Waals surface area (Å²) in [5, 5.41) is 3.16. The standard InChI is InChI=1S/C22H30N4O2/c1-28-19-8-4-7-18(13-19)26-21(27)24-20(23-17-5-2-3-6-17)22(26)11-12-25(15-22)14-16-9-10-16/h4,7-8,13,16-17H,2-3,5-6,9-12,14-15H2,1H3,(H,23,24,27). The van der Waals surface area contributed by atoms with Crippen LogP contribution in [0.25, 0.3) is 0 Å². The van der Waals surface area contributed by atoms with Crippen molar-refractivity contribution in [1.29, 1.82) is 0 Å². The van der Waals surface area contributed by atoms with E-state index < -0.39 is 0 Å². The van der Waals surface area contributed by atoms with Crippen LogP contribution in [0, 0.1) is 5.92 Å². The maximum atomic E-state index is 13.1. The van der Waals surface area contributed by atoms with Crippen LogP contribution in [0.5, 0.6) is 5.75 Å². The van der Waals surface area contributed by atoms with Crippen LogP contribution in [-0.2, 0) is 0 Å². The minimum absolute atomic E-state index is 0.0572. The number of benzene rings is 1. The number of carbonyl (C=O) groups is 1. The molecule has 0 radical (unpaired) electrons. The third-order valence-electron chi connectivity index (χ3n) is 6.79. The molecule has 0 aromatic heterocycles. The number of nitrogens with zero attached hydrogens (tertiary/aromatic N) is 3.